The van der Waals surface area contributed by atoms with Gasteiger partial charge in [0.05, 0.1) is 10.6 Å². The normalized spacial score (nSPS) is 13.1. The highest BCUT2D eigenvalue weighted by Gasteiger charge is 2.20. The average Bonchev–Trinajstić information content (AvgIpc) is 2.61. The van der Waals surface area contributed by atoms with Crippen LogP contribution in [0.1, 0.15) is 5.56 Å². The maximum atomic E-state index is 12.7. The molecule has 2 aromatic rings. The Kier molecular flexibility index (Phi) is 5.47. The van der Waals surface area contributed by atoms with Crippen molar-refractivity contribution in [2.24, 2.45) is 0 Å². The number of aryl methyl sites for hydroxylation is 1. The highest BCUT2D eigenvalue weighted by molar-refractivity contribution is 9.10. The molecule has 0 radical (unpaired) electrons. The Morgan fingerprint density at radius 2 is 1.89 bits per heavy atom. The first-order valence-corrected chi connectivity index (χ1v) is 10.1. The zero-order valence-corrected chi connectivity index (χ0v) is 16.6. The summed E-state index contributed by atoms with van der Waals surface area (Å²) in [6, 6.07) is 7.36. The molecular weight excluding hydrogens is 442 g/mol. The number of nitrogens with one attached hydrogen (secondary N) is 1. The van der Waals surface area contributed by atoms with Gasteiger partial charge < -0.3 is 19.3 Å². The zero-order valence-electron chi connectivity index (χ0n) is 14.2. The molecule has 3 rings (SSSR count). The molecule has 8 nitrogen and oxygen atoms in total. The topological polar surface area (TPSA) is 111 Å². The van der Waals surface area contributed by atoms with E-state index in [1.807, 2.05) is 0 Å². The number of ether oxygens (including phenoxy) is 3. The van der Waals surface area contributed by atoms with E-state index in [9.17, 15) is 13.2 Å². The van der Waals surface area contributed by atoms with Crippen LogP contribution >= 0.6 is 15.9 Å². The second-order valence-electron chi connectivity index (χ2n) is 5.69. The maximum absolute atomic E-state index is 12.7. The summed E-state index contributed by atoms with van der Waals surface area (Å²) in [5.74, 6) is 0.177. The Balaban J connectivity index is 1.85. The molecule has 2 aromatic carbocycles. The number of fused-ring (bicyclic) bond motifs is 1. The van der Waals surface area contributed by atoms with Crippen molar-refractivity contribution in [1.82, 2.24) is 0 Å². The van der Waals surface area contributed by atoms with Gasteiger partial charge in [-0.05, 0) is 46.6 Å². The average molecular weight is 458 g/mol. The largest absolute Gasteiger partial charge is 0.486 e. The summed E-state index contributed by atoms with van der Waals surface area (Å²) < 4.78 is 44.5. The molecule has 0 aliphatic carbocycles. The number of carboxylic acid groups (broad SMARTS) is 1. The minimum atomic E-state index is -3.88. The lowest BCUT2D eigenvalue weighted by molar-refractivity contribution is -0.139. The van der Waals surface area contributed by atoms with E-state index in [2.05, 4.69) is 20.7 Å². The number of aliphatic carboxylic acids is 1. The van der Waals surface area contributed by atoms with E-state index in [1.54, 1.807) is 19.1 Å². The maximum Gasteiger partial charge on any atom is 0.341 e. The van der Waals surface area contributed by atoms with Crippen molar-refractivity contribution < 1.29 is 32.5 Å². The molecule has 1 aliphatic heterocycles. The van der Waals surface area contributed by atoms with Crippen LogP contribution in [0, 0.1) is 6.92 Å². The van der Waals surface area contributed by atoms with Crippen molar-refractivity contribution in [1.29, 1.82) is 0 Å². The van der Waals surface area contributed by atoms with Gasteiger partial charge in [-0.25, -0.2) is 13.2 Å². The summed E-state index contributed by atoms with van der Waals surface area (Å²) in [7, 11) is -3.88. The van der Waals surface area contributed by atoms with Crippen LogP contribution in [-0.4, -0.2) is 39.3 Å². The van der Waals surface area contributed by atoms with Gasteiger partial charge in [0.15, 0.2) is 18.1 Å². The lowest BCUT2D eigenvalue weighted by Crippen LogP contribution is -2.17. The number of halogens is 1. The van der Waals surface area contributed by atoms with Crippen molar-refractivity contribution in [2.45, 2.75) is 11.8 Å². The Bertz CT molecular complexity index is 991. The molecule has 0 atom stereocenters. The Morgan fingerprint density at radius 1 is 1.22 bits per heavy atom. The molecule has 0 fully saturated rings. The third-order valence-electron chi connectivity index (χ3n) is 3.68. The van der Waals surface area contributed by atoms with Crippen LogP contribution in [0.3, 0.4) is 0 Å². The number of carbonyl (C=O) groups is 1. The number of rotatable bonds is 6. The van der Waals surface area contributed by atoms with Gasteiger partial charge in [-0.3, -0.25) is 4.72 Å². The predicted octanol–water partition coefficient (Wildman–Crippen LogP) is 2.79. The van der Waals surface area contributed by atoms with Gasteiger partial charge in [0.25, 0.3) is 10.0 Å². The molecule has 0 bridgehead atoms. The SMILES string of the molecule is Cc1cc(S(=O)(=O)Nc2cc3c(cc2Br)OCCO3)ccc1OCC(=O)O. The highest BCUT2D eigenvalue weighted by Crippen LogP contribution is 2.39. The van der Waals surface area contributed by atoms with Crippen molar-refractivity contribution in [3.63, 3.8) is 0 Å². The van der Waals surface area contributed by atoms with Crippen molar-refractivity contribution >= 4 is 37.6 Å². The fourth-order valence-electron chi connectivity index (χ4n) is 2.44. The van der Waals surface area contributed by atoms with E-state index >= 15 is 0 Å². The van der Waals surface area contributed by atoms with Gasteiger partial charge in [-0.15, -0.1) is 0 Å². The van der Waals surface area contributed by atoms with Gasteiger partial charge in [0.2, 0.25) is 0 Å². The van der Waals surface area contributed by atoms with E-state index < -0.39 is 22.6 Å². The van der Waals surface area contributed by atoms with Crippen LogP contribution in [0.15, 0.2) is 39.7 Å². The van der Waals surface area contributed by atoms with Gasteiger partial charge in [0, 0.05) is 16.6 Å². The highest BCUT2D eigenvalue weighted by atomic mass is 79.9. The van der Waals surface area contributed by atoms with E-state index in [1.165, 1.54) is 18.2 Å². The lowest BCUT2D eigenvalue weighted by atomic mass is 10.2. The Morgan fingerprint density at radius 3 is 2.52 bits per heavy atom. The summed E-state index contributed by atoms with van der Waals surface area (Å²) in [5, 5.41) is 8.67. The van der Waals surface area contributed by atoms with Gasteiger partial charge in [0.1, 0.15) is 19.0 Å². The van der Waals surface area contributed by atoms with Crippen molar-refractivity contribution in [2.75, 3.05) is 24.5 Å². The monoisotopic (exact) mass is 457 g/mol. The molecule has 0 amide bonds. The van der Waals surface area contributed by atoms with Crippen molar-refractivity contribution in [3.8, 4) is 17.2 Å². The number of anilines is 1. The van der Waals surface area contributed by atoms with Crippen LogP contribution in [0.2, 0.25) is 0 Å². The third kappa shape index (κ3) is 4.45. The minimum absolute atomic E-state index is 0.0180. The third-order valence-corrected chi connectivity index (χ3v) is 5.70. The van der Waals surface area contributed by atoms with Crippen LogP contribution in [0.5, 0.6) is 17.2 Å². The van der Waals surface area contributed by atoms with Gasteiger partial charge >= 0.3 is 5.97 Å². The molecule has 1 aliphatic rings. The van der Waals surface area contributed by atoms with Gasteiger partial charge in [-0.1, -0.05) is 0 Å². The zero-order chi connectivity index (χ0) is 19.6. The standard InChI is InChI=1S/C17H16BrNO7S/c1-10-6-11(2-3-14(10)26-9-17(20)21)27(22,23)19-13-8-16-15(7-12(13)18)24-4-5-25-16/h2-3,6-8,19H,4-5,9H2,1H3,(H,20,21). The molecule has 0 unspecified atom stereocenters. The van der Waals surface area contributed by atoms with Crippen LogP contribution in [0.25, 0.3) is 0 Å². The summed E-state index contributed by atoms with van der Waals surface area (Å²) >= 11 is 3.32. The first-order valence-electron chi connectivity index (χ1n) is 7.83. The fraction of sp³-hybridized carbons (Fsp3) is 0.235. The Hall–Kier alpha value is -2.46. The summed E-state index contributed by atoms with van der Waals surface area (Å²) in [4.78, 5) is 10.6. The molecule has 1 heterocycles. The number of hydrogen-bond acceptors (Lipinski definition) is 6. The summed E-state index contributed by atoms with van der Waals surface area (Å²) in [5.41, 5.74) is 0.809. The second kappa shape index (κ2) is 7.65. The molecule has 27 heavy (non-hydrogen) atoms. The first-order chi connectivity index (χ1) is 12.8. The molecule has 10 heteroatoms. The Labute approximate surface area is 164 Å². The van der Waals surface area contributed by atoms with Gasteiger partial charge in [-0.2, -0.15) is 0 Å². The lowest BCUT2D eigenvalue weighted by Gasteiger charge is -2.20. The van der Waals surface area contributed by atoms with Crippen LogP contribution in [0.4, 0.5) is 5.69 Å². The molecule has 0 saturated heterocycles. The van der Waals surface area contributed by atoms with E-state index in [0.29, 0.717) is 46.2 Å². The van der Waals surface area contributed by atoms with Crippen molar-refractivity contribution in [3.05, 3.63) is 40.4 Å². The number of benzene rings is 2. The molecule has 0 saturated carbocycles. The predicted molar refractivity (Wildman–Crippen MR) is 100 cm³/mol. The van der Waals surface area contributed by atoms with E-state index in [-0.39, 0.29) is 4.90 Å². The van der Waals surface area contributed by atoms with Crippen LogP contribution in [-0.2, 0) is 14.8 Å². The summed E-state index contributed by atoms with van der Waals surface area (Å²) in [6.07, 6.45) is 0. The second-order valence-corrected chi connectivity index (χ2v) is 8.23. The number of carboxylic acids is 1. The molecule has 0 aromatic heterocycles. The molecular formula is C17H16BrNO7S. The quantitative estimate of drug-likeness (QED) is 0.685. The van der Waals surface area contributed by atoms with Crippen LogP contribution < -0.4 is 18.9 Å². The fourth-order valence-corrected chi connectivity index (χ4v) is 4.14. The van der Waals surface area contributed by atoms with E-state index in [0.717, 1.165) is 0 Å². The molecule has 2 N–H and O–H groups in total. The summed E-state index contributed by atoms with van der Waals surface area (Å²) in [6.45, 7) is 1.95. The number of sulfonamides is 1. The minimum Gasteiger partial charge on any atom is -0.486 e. The molecule has 0 spiro atoms. The molecule has 144 valence electrons. The first kappa shape index (κ1) is 19.3. The van der Waals surface area contributed by atoms with E-state index in [4.69, 9.17) is 19.3 Å². The number of hydrogen-bond donors (Lipinski definition) is 2. The smallest absolute Gasteiger partial charge is 0.341 e.